The summed E-state index contributed by atoms with van der Waals surface area (Å²) in [5, 5.41) is 9.11. The van der Waals surface area contributed by atoms with Gasteiger partial charge in [-0.05, 0) is 37.1 Å². The van der Waals surface area contributed by atoms with Crippen LogP contribution in [-0.2, 0) is 19.1 Å². The van der Waals surface area contributed by atoms with Gasteiger partial charge in [-0.3, -0.25) is 14.4 Å². The molecule has 27 heavy (non-hydrogen) atoms. The first-order valence-electron chi connectivity index (χ1n) is 8.91. The van der Waals surface area contributed by atoms with Crippen LogP contribution < -0.4 is 4.90 Å². The van der Waals surface area contributed by atoms with E-state index in [0.717, 1.165) is 0 Å². The quantitative estimate of drug-likeness (QED) is 0.841. The summed E-state index contributed by atoms with van der Waals surface area (Å²) >= 11 is 0. The summed E-state index contributed by atoms with van der Waals surface area (Å²) in [7, 11) is 1.54. The van der Waals surface area contributed by atoms with Crippen molar-refractivity contribution in [3.05, 3.63) is 29.6 Å². The molecular formula is C19H23FN2O5. The highest BCUT2D eigenvalue weighted by Gasteiger charge is 2.43. The maximum absolute atomic E-state index is 13.5. The first-order chi connectivity index (χ1) is 12.8. The van der Waals surface area contributed by atoms with E-state index in [9.17, 15) is 18.8 Å². The summed E-state index contributed by atoms with van der Waals surface area (Å²) in [6, 6.07) is 3.98. The third kappa shape index (κ3) is 3.95. The molecule has 1 aromatic rings. The van der Waals surface area contributed by atoms with Gasteiger partial charge < -0.3 is 19.6 Å². The molecule has 0 aliphatic carbocycles. The Morgan fingerprint density at radius 1 is 1.33 bits per heavy atom. The van der Waals surface area contributed by atoms with Gasteiger partial charge in [0.05, 0.1) is 18.4 Å². The molecule has 2 heterocycles. The lowest BCUT2D eigenvalue weighted by Crippen LogP contribution is -2.42. The lowest BCUT2D eigenvalue weighted by molar-refractivity contribution is -0.141. The SMILES string of the molecule is COC1CC(CC(=O)O)N(C(=O)C2CC(=O)N(c3ccc(F)c(C)c3)C2)C1. The minimum Gasteiger partial charge on any atom is -0.481 e. The molecule has 0 bridgehead atoms. The smallest absolute Gasteiger partial charge is 0.305 e. The van der Waals surface area contributed by atoms with Crippen LogP contribution >= 0.6 is 0 Å². The van der Waals surface area contributed by atoms with Crippen LogP contribution in [0, 0.1) is 18.7 Å². The highest BCUT2D eigenvalue weighted by Crippen LogP contribution is 2.31. The van der Waals surface area contributed by atoms with Gasteiger partial charge in [0.1, 0.15) is 5.82 Å². The Bertz CT molecular complexity index is 768. The minimum absolute atomic E-state index is 0.0587. The van der Waals surface area contributed by atoms with Crippen molar-refractivity contribution in [1.82, 2.24) is 4.90 Å². The van der Waals surface area contributed by atoms with E-state index in [-0.39, 0.29) is 43.1 Å². The number of amides is 2. The molecule has 3 rings (SSSR count). The number of rotatable bonds is 5. The Morgan fingerprint density at radius 3 is 2.70 bits per heavy atom. The van der Waals surface area contributed by atoms with Gasteiger partial charge in [-0.1, -0.05) is 0 Å². The average Bonchev–Trinajstić information content (AvgIpc) is 3.20. The van der Waals surface area contributed by atoms with Crippen LogP contribution in [0.15, 0.2) is 18.2 Å². The van der Waals surface area contributed by atoms with Crippen LogP contribution in [0.3, 0.4) is 0 Å². The fourth-order valence-electron chi connectivity index (χ4n) is 3.86. The van der Waals surface area contributed by atoms with E-state index in [0.29, 0.717) is 24.2 Å². The number of methoxy groups -OCH3 is 1. The molecule has 0 radical (unpaired) electrons. The van der Waals surface area contributed by atoms with Crippen molar-refractivity contribution in [3.63, 3.8) is 0 Å². The number of carboxylic acids is 1. The standard InChI is InChI=1S/C19H23FN2O5/c1-11-5-13(3-4-16(11)20)21-9-12(6-17(21)23)19(26)22-10-15(27-2)7-14(22)8-18(24)25/h3-5,12,14-15H,6-10H2,1-2H3,(H,24,25). The van der Waals surface area contributed by atoms with Crippen LogP contribution in [0.2, 0.25) is 0 Å². The molecule has 8 heteroatoms. The number of likely N-dealkylation sites (tertiary alicyclic amines) is 1. The number of benzene rings is 1. The van der Waals surface area contributed by atoms with E-state index in [1.807, 2.05) is 0 Å². The number of aryl methyl sites for hydroxylation is 1. The highest BCUT2D eigenvalue weighted by atomic mass is 19.1. The topological polar surface area (TPSA) is 87.1 Å². The molecule has 1 N–H and O–H groups in total. The molecule has 1 aromatic carbocycles. The third-order valence-electron chi connectivity index (χ3n) is 5.33. The van der Waals surface area contributed by atoms with E-state index < -0.39 is 17.9 Å². The van der Waals surface area contributed by atoms with E-state index in [2.05, 4.69) is 0 Å². The molecular weight excluding hydrogens is 355 g/mol. The number of hydrogen-bond donors (Lipinski definition) is 1. The van der Waals surface area contributed by atoms with Crippen molar-refractivity contribution >= 4 is 23.5 Å². The lowest BCUT2D eigenvalue weighted by Gasteiger charge is -2.26. The number of aliphatic carboxylic acids is 1. The molecule has 2 saturated heterocycles. The van der Waals surface area contributed by atoms with Crippen molar-refractivity contribution in [1.29, 1.82) is 0 Å². The second kappa shape index (κ2) is 7.64. The van der Waals surface area contributed by atoms with Crippen LogP contribution in [0.1, 0.15) is 24.8 Å². The Labute approximate surface area is 156 Å². The Kier molecular flexibility index (Phi) is 5.46. The molecule has 2 amide bonds. The second-order valence-corrected chi connectivity index (χ2v) is 7.17. The first-order valence-corrected chi connectivity index (χ1v) is 8.91. The number of carbonyl (C=O) groups is 3. The predicted molar refractivity (Wildman–Crippen MR) is 94.8 cm³/mol. The van der Waals surface area contributed by atoms with Crippen LogP contribution in [0.25, 0.3) is 0 Å². The normalized spacial score (nSPS) is 25.3. The van der Waals surface area contributed by atoms with E-state index in [1.54, 1.807) is 17.9 Å². The zero-order valence-corrected chi connectivity index (χ0v) is 15.4. The molecule has 0 saturated carbocycles. The molecule has 0 aromatic heterocycles. The van der Waals surface area contributed by atoms with Crippen molar-refractivity contribution in [3.8, 4) is 0 Å². The predicted octanol–water partition coefficient (Wildman–Crippen LogP) is 1.58. The molecule has 3 atom stereocenters. The monoisotopic (exact) mass is 378 g/mol. The Morgan fingerprint density at radius 2 is 2.07 bits per heavy atom. The molecule has 2 aliphatic heterocycles. The van der Waals surface area contributed by atoms with Gasteiger partial charge in [0.2, 0.25) is 11.8 Å². The zero-order chi connectivity index (χ0) is 19.7. The molecule has 2 fully saturated rings. The maximum Gasteiger partial charge on any atom is 0.305 e. The van der Waals surface area contributed by atoms with Gasteiger partial charge in [0.25, 0.3) is 0 Å². The summed E-state index contributed by atoms with van der Waals surface area (Å²) < 4.78 is 18.8. The largest absolute Gasteiger partial charge is 0.481 e. The van der Waals surface area contributed by atoms with Crippen molar-refractivity contribution in [2.75, 3.05) is 25.1 Å². The van der Waals surface area contributed by atoms with Gasteiger partial charge in [-0.2, -0.15) is 0 Å². The molecule has 146 valence electrons. The van der Waals surface area contributed by atoms with Crippen LogP contribution in [0.4, 0.5) is 10.1 Å². The van der Waals surface area contributed by atoms with Crippen molar-refractivity contribution < 1.29 is 28.6 Å². The lowest BCUT2D eigenvalue weighted by atomic mass is 10.1. The number of halogens is 1. The van der Waals surface area contributed by atoms with E-state index in [4.69, 9.17) is 9.84 Å². The minimum atomic E-state index is -0.972. The van der Waals surface area contributed by atoms with Crippen LogP contribution in [0.5, 0.6) is 0 Å². The van der Waals surface area contributed by atoms with E-state index >= 15 is 0 Å². The molecule has 2 aliphatic rings. The zero-order valence-electron chi connectivity index (χ0n) is 15.4. The molecule has 3 unspecified atom stereocenters. The van der Waals surface area contributed by atoms with Crippen molar-refractivity contribution in [2.24, 2.45) is 5.92 Å². The number of carbonyl (C=O) groups excluding carboxylic acids is 2. The Hall–Kier alpha value is -2.48. The van der Waals surface area contributed by atoms with Gasteiger partial charge >= 0.3 is 5.97 Å². The number of nitrogens with zero attached hydrogens (tertiary/aromatic N) is 2. The maximum atomic E-state index is 13.5. The van der Waals surface area contributed by atoms with E-state index in [1.165, 1.54) is 24.1 Å². The number of ether oxygens (including phenoxy) is 1. The summed E-state index contributed by atoms with van der Waals surface area (Å²) in [6.07, 6.45) is 0.179. The number of anilines is 1. The van der Waals surface area contributed by atoms with Crippen LogP contribution in [-0.4, -0.2) is 60.1 Å². The van der Waals surface area contributed by atoms with Gasteiger partial charge in [0.15, 0.2) is 0 Å². The third-order valence-corrected chi connectivity index (χ3v) is 5.33. The van der Waals surface area contributed by atoms with Crippen molar-refractivity contribution in [2.45, 2.75) is 38.3 Å². The second-order valence-electron chi connectivity index (χ2n) is 7.17. The Balaban J connectivity index is 1.74. The summed E-state index contributed by atoms with van der Waals surface area (Å²) in [5.74, 6) is -2.29. The first kappa shape index (κ1) is 19.3. The van der Waals surface area contributed by atoms with Gasteiger partial charge in [-0.15, -0.1) is 0 Å². The molecule has 0 spiro atoms. The number of hydrogen-bond acceptors (Lipinski definition) is 4. The molecule has 7 nitrogen and oxygen atoms in total. The van der Waals surface area contributed by atoms with Gasteiger partial charge in [0, 0.05) is 38.3 Å². The summed E-state index contributed by atoms with van der Waals surface area (Å²) in [4.78, 5) is 39.6. The summed E-state index contributed by atoms with van der Waals surface area (Å²) in [5.41, 5.74) is 0.992. The average molecular weight is 378 g/mol. The summed E-state index contributed by atoms with van der Waals surface area (Å²) in [6.45, 7) is 2.15. The van der Waals surface area contributed by atoms with Gasteiger partial charge in [-0.25, -0.2) is 4.39 Å². The fourth-order valence-corrected chi connectivity index (χ4v) is 3.86. The fraction of sp³-hybridized carbons (Fsp3) is 0.526. The highest BCUT2D eigenvalue weighted by molar-refractivity contribution is 6.00. The number of carboxylic acid groups (broad SMARTS) is 1.